The van der Waals surface area contributed by atoms with E-state index in [1.54, 1.807) is 0 Å². The van der Waals surface area contributed by atoms with Gasteiger partial charge >= 0.3 is 6.18 Å². The fourth-order valence-electron chi connectivity index (χ4n) is 2.68. The van der Waals surface area contributed by atoms with Gasteiger partial charge in [-0.2, -0.15) is 13.2 Å². The Hall–Kier alpha value is -1.57. The van der Waals surface area contributed by atoms with Gasteiger partial charge in [-0.1, -0.05) is 17.7 Å². The van der Waals surface area contributed by atoms with Crippen LogP contribution in [0.3, 0.4) is 0 Å². The van der Waals surface area contributed by atoms with E-state index in [1.165, 1.54) is 24.3 Å². The summed E-state index contributed by atoms with van der Waals surface area (Å²) in [6.07, 6.45) is -1.10. The number of nitrogens with zero attached hydrogens (tertiary/aromatic N) is 2. The number of halogens is 4. The van der Waals surface area contributed by atoms with Gasteiger partial charge < -0.3 is 15.1 Å². The highest BCUT2D eigenvalue weighted by Gasteiger charge is 2.33. The monoisotopic (exact) mass is 389 g/mol. The molecule has 1 saturated heterocycles. The lowest BCUT2D eigenvalue weighted by atomic mass is 10.1. The minimum Gasteiger partial charge on any atom is -0.353 e. The second-order valence-electron chi connectivity index (χ2n) is 6.36. The molecule has 0 radical (unpaired) electrons. The Morgan fingerprint density at radius 2 is 1.96 bits per heavy atom. The quantitative estimate of drug-likeness (QED) is 0.600. The molecule has 0 aliphatic carbocycles. The van der Waals surface area contributed by atoms with E-state index < -0.39 is 11.7 Å². The summed E-state index contributed by atoms with van der Waals surface area (Å²) in [5, 5.41) is 2.39. The number of nitrogens with one attached hydrogen (secondary N) is 1. The van der Waals surface area contributed by atoms with Crippen LogP contribution in [-0.2, 0) is 11.0 Å². The SMILES string of the molecule is CN1CCN(CCCNC(=O)C=Cc2ccc(Cl)c(C(F)(F)F)c2)CC1. The largest absolute Gasteiger partial charge is 0.417 e. The third-order valence-corrected chi connectivity index (χ3v) is 4.60. The molecule has 1 aliphatic rings. The highest BCUT2D eigenvalue weighted by molar-refractivity contribution is 6.31. The van der Waals surface area contributed by atoms with Gasteiger partial charge in [-0.3, -0.25) is 4.79 Å². The van der Waals surface area contributed by atoms with Gasteiger partial charge in [-0.25, -0.2) is 0 Å². The lowest BCUT2D eigenvalue weighted by Gasteiger charge is -2.32. The van der Waals surface area contributed by atoms with Gasteiger partial charge in [0, 0.05) is 38.8 Å². The van der Waals surface area contributed by atoms with Crippen LogP contribution in [-0.4, -0.2) is 62.0 Å². The van der Waals surface area contributed by atoms with E-state index in [2.05, 4.69) is 22.2 Å². The van der Waals surface area contributed by atoms with E-state index in [4.69, 9.17) is 11.6 Å². The minimum absolute atomic E-state index is 0.273. The number of benzene rings is 1. The zero-order chi connectivity index (χ0) is 19.2. The Kier molecular flexibility index (Phi) is 7.49. The first kappa shape index (κ1) is 20.7. The summed E-state index contributed by atoms with van der Waals surface area (Å²) >= 11 is 5.57. The number of amides is 1. The number of hydrogen-bond donors (Lipinski definition) is 1. The van der Waals surface area contributed by atoms with Crippen LogP contribution >= 0.6 is 11.6 Å². The summed E-state index contributed by atoms with van der Waals surface area (Å²) in [6.45, 7) is 5.62. The average molecular weight is 390 g/mol. The summed E-state index contributed by atoms with van der Waals surface area (Å²) in [7, 11) is 2.10. The lowest BCUT2D eigenvalue weighted by molar-refractivity contribution is -0.137. The molecule has 0 unspecified atom stereocenters. The minimum atomic E-state index is -4.52. The predicted octanol–water partition coefficient (Wildman–Crippen LogP) is 3.13. The van der Waals surface area contributed by atoms with Crippen molar-refractivity contribution in [3.63, 3.8) is 0 Å². The van der Waals surface area contributed by atoms with Crippen molar-refractivity contribution in [2.75, 3.05) is 46.3 Å². The molecule has 1 fully saturated rings. The van der Waals surface area contributed by atoms with Crippen molar-refractivity contribution in [3.05, 3.63) is 40.4 Å². The van der Waals surface area contributed by atoms with Crippen LogP contribution in [0.25, 0.3) is 6.08 Å². The summed E-state index contributed by atoms with van der Waals surface area (Å²) in [5.74, 6) is -0.327. The second kappa shape index (κ2) is 9.39. The molecule has 144 valence electrons. The van der Waals surface area contributed by atoms with E-state index >= 15 is 0 Å². The van der Waals surface area contributed by atoms with Crippen LogP contribution in [0, 0.1) is 0 Å². The van der Waals surface area contributed by atoms with Crippen molar-refractivity contribution in [3.8, 4) is 0 Å². The van der Waals surface area contributed by atoms with Gasteiger partial charge in [0.15, 0.2) is 0 Å². The molecule has 1 N–H and O–H groups in total. The van der Waals surface area contributed by atoms with E-state index in [0.717, 1.165) is 45.2 Å². The van der Waals surface area contributed by atoms with Crippen LogP contribution in [0.5, 0.6) is 0 Å². The Balaban J connectivity index is 1.75. The van der Waals surface area contributed by atoms with Gasteiger partial charge in [0.25, 0.3) is 0 Å². The highest BCUT2D eigenvalue weighted by atomic mass is 35.5. The number of carbonyl (C=O) groups is 1. The zero-order valence-electron chi connectivity index (χ0n) is 14.7. The van der Waals surface area contributed by atoms with Gasteiger partial charge in [0.05, 0.1) is 10.6 Å². The highest BCUT2D eigenvalue weighted by Crippen LogP contribution is 2.35. The second-order valence-corrected chi connectivity index (χ2v) is 6.77. The van der Waals surface area contributed by atoms with Crippen molar-refractivity contribution in [1.82, 2.24) is 15.1 Å². The maximum atomic E-state index is 12.8. The van der Waals surface area contributed by atoms with Gasteiger partial charge in [-0.05, 0) is 43.8 Å². The van der Waals surface area contributed by atoms with Crippen molar-refractivity contribution in [1.29, 1.82) is 0 Å². The normalized spacial score (nSPS) is 17.0. The van der Waals surface area contributed by atoms with Crippen molar-refractivity contribution >= 4 is 23.6 Å². The number of carbonyl (C=O) groups excluding carboxylic acids is 1. The fraction of sp³-hybridized carbons (Fsp3) is 0.500. The maximum Gasteiger partial charge on any atom is 0.417 e. The first-order valence-corrected chi connectivity index (χ1v) is 8.87. The van der Waals surface area contributed by atoms with Crippen LogP contribution in [0.2, 0.25) is 5.02 Å². The van der Waals surface area contributed by atoms with Crippen molar-refractivity contribution in [2.24, 2.45) is 0 Å². The Morgan fingerprint density at radius 1 is 1.27 bits per heavy atom. The molecule has 0 spiro atoms. The van der Waals surface area contributed by atoms with Crippen LogP contribution in [0.15, 0.2) is 24.3 Å². The molecule has 0 aromatic heterocycles. The summed E-state index contributed by atoms with van der Waals surface area (Å²) < 4.78 is 38.4. The van der Waals surface area contributed by atoms with Crippen LogP contribution in [0.1, 0.15) is 17.5 Å². The molecule has 1 heterocycles. The van der Waals surface area contributed by atoms with Gasteiger partial charge in [-0.15, -0.1) is 0 Å². The molecule has 0 bridgehead atoms. The first-order chi connectivity index (χ1) is 12.3. The molecule has 1 amide bonds. The molecule has 1 aromatic rings. The van der Waals surface area contributed by atoms with Gasteiger partial charge in [0.2, 0.25) is 5.91 Å². The number of rotatable bonds is 6. The number of hydrogen-bond acceptors (Lipinski definition) is 3. The molecule has 2 rings (SSSR count). The third-order valence-electron chi connectivity index (χ3n) is 4.27. The third kappa shape index (κ3) is 6.63. The molecule has 1 aliphatic heterocycles. The standard InChI is InChI=1S/C18H23ClF3N3O/c1-24-9-11-25(12-10-24)8-2-7-23-17(26)6-4-14-3-5-16(19)15(13-14)18(20,21)22/h3-6,13H,2,7-12H2,1H3,(H,23,26). The number of likely N-dealkylation sites (N-methyl/N-ethyl adjacent to an activating group) is 1. The van der Waals surface area contributed by atoms with Gasteiger partial charge in [0.1, 0.15) is 0 Å². The number of piperazine rings is 1. The van der Waals surface area contributed by atoms with Crippen molar-refractivity contribution < 1.29 is 18.0 Å². The Labute approximate surface area is 156 Å². The number of alkyl halides is 3. The Bertz CT molecular complexity index is 641. The summed E-state index contributed by atoms with van der Waals surface area (Å²) in [6, 6.07) is 3.55. The lowest BCUT2D eigenvalue weighted by Crippen LogP contribution is -2.45. The summed E-state index contributed by atoms with van der Waals surface area (Å²) in [4.78, 5) is 16.4. The molecule has 8 heteroatoms. The smallest absolute Gasteiger partial charge is 0.353 e. The molecular weight excluding hydrogens is 367 g/mol. The van der Waals surface area contributed by atoms with Crippen LogP contribution in [0.4, 0.5) is 13.2 Å². The molecule has 0 atom stereocenters. The van der Waals surface area contributed by atoms with E-state index in [9.17, 15) is 18.0 Å². The van der Waals surface area contributed by atoms with E-state index in [0.29, 0.717) is 6.54 Å². The molecular formula is C18H23ClF3N3O. The molecule has 1 aromatic carbocycles. The first-order valence-electron chi connectivity index (χ1n) is 8.49. The van der Waals surface area contributed by atoms with E-state index in [1.807, 2.05) is 0 Å². The maximum absolute atomic E-state index is 12.8. The topological polar surface area (TPSA) is 35.6 Å². The van der Waals surface area contributed by atoms with Crippen LogP contribution < -0.4 is 5.32 Å². The Morgan fingerprint density at radius 3 is 2.62 bits per heavy atom. The average Bonchev–Trinajstić information content (AvgIpc) is 2.58. The molecule has 4 nitrogen and oxygen atoms in total. The molecule has 0 saturated carbocycles. The predicted molar refractivity (Wildman–Crippen MR) is 97.1 cm³/mol. The molecule has 26 heavy (non-hydrogen) atoms. The fourth-order valence-corrected chi connectivity index (χ4v) is 2.91. The van der Waals surface area contributed by atoms with Crippen molar-refractivity contribution in [2.45, 2.75) is 12.6 Å². The zero-order valence-corrected chi connectivity index (χ0v) is 15.4. The summed E-state index contributed by atoms with van der Waals surface area (Å²) in [5.41, 5.74) is -0.636. The van der Waals surface area contributed by atoms with E-state index in [-0.39, 0.29) is 16.5 Å².